The lowest BCUT2D eigenvalue weighted by molar-refractivity contribution is 0.456. The molecule has 74 valence electrons. The van der Waals surface area contributed by atoms with Crippen LogP contribution in [0.1, 0.15) is 31.9 Å². The Morgan fingerprint density at radius 3 is 2.69 bits per heavy atom. The van der Waals surface area contributed by atoms with Crippen LogP contribution in [0.25, 0.3) is 0 Å². The Balaban J connectivity index is 3.18. The summed E-state index contributed by atoms with van der Waals surface area (Å²) in [5, 5.41) is 0.0712. The number of aromatic nitrogens is 1. The number of hydrogen-bond donors (Lipinski definition) is 0. The Kier molecular flexibility index (Phi) is 2.75. The molecule has 0 spiro atoms. The summed E-state index contributed by atoms with van der Waals surface area (Å²) in [4.78, 5) is 3.70. The quantitative estimate of drug-likeness (QED) is 0.748. The average molecular weight is 203 g/mol. The van der Waals surface area contributed by atoms with Gasteiger partial charge in [0.15, 0.2) is 21.3 Å². The lowest BCUT2D eigenvalue weighted by atomic mass is 10.1. The molecule has 0 aliphatic heterocycles. The smallest absolute Gasteiger partial charge is 0.196 e. The van der Waals surface area contributed by atoms with Gasteiger partial charge < -0.3 is 4.42 Å². The molecule has 1 aromatic rings. The number of rotatable bonds is 3. The van der Waals surface area contributed by atoms with Crippen LogP contribution in [-0.4, -0.2) is 19.7 Å². The van der Waals surface area contributed by atoms with E-state index in [0.29, 0.717) is 5.76 Å². The zero-order valence-corrected chi connectivity index (χ0v) is 8.76. The van der Waals surface area contributed by atoms with Gasteiger partial charge in [0.05, 0.1) is 0 Å². The van der Waals surface area contributed by atoms with Crippen molar-refractivity contribution in [2.75, 3.05) is 6.26 Å². The molecule has 0 radical (unpaired) electrons. The maximum atomic E-state index is 11.2. The molecule has 0 aromatic carbocycles. The topological polar surface area (TPSA) is 60.2 Å². The molecule has 0 fully saturated rings. The van der Waals surface area contributed by atoms with Crippen molar-refractivity contribution in [2.24, 2.45) is 0 Å². The summed E-state index contributed by atoms with van der Waals surface area (Å²) in [6, 6.07) is 0. The van der Waals surface area contributed by atoms with Gasteiger partial charge in [0.2, 0.25) is 0 Å². The maximum absolute atomic E-state index is 11.2. The Morgan fingerprint density at radius 1 is 1.62 bits per heavy atom. The van der Waals surface area contributed by atoms with E-state index >= 15 is 0 Å². The van der Waals surface area contributed by atoms with Gasteiger partial charge in [-0.15, -0.1) is 0 Å². The number of hydrogen-bond acceptors (Lipinski definition) is 4. The molecule has 0 aliphatic carbocycles. The van der Waals surface area contributed by atoms with Crippen LogP contribution in [0.15, 0.2) is 15.8 Å². The van der Waals surface area contributed by atoms with Crippen LogP contribution in [0.4, 0.5) is 0 Å². The molecule has 1 rings (SSSR count). The Labute approximate surface area is 77.9 Å². The highest BCUT2D eigenvalue weighted by molar-refractivity contribution is 7.90. The SMILES string of the molecule is CCC(C)c1ocnc1S(C)(=O)=O. The Hall–Kier alpha value is -0.840. The predicted molar refractivity (Wildman–Crippen MR) is 48.3 cm³/mol. The third kappa shape index (κ3) is 2.09. The maximum Gasteiger partial charge on any atom is 0.196 e. The van der Waals surface area contributed by atoms with Crippen LogP contribution in [0, 0.1) is 0 Å². The fraction of sp³-hybridized carbons (Fsp3) is 0.625. The lowest BCUT2D eigenvalue weighted by Crippen LogP contribution is -2.03. The minimum absolute atomic E-state index is 0.0712. The molecule has 0 saturated heterocycles. The van der Waals surface area contributed by atoms with Crippen molar-refractivity contribution in [2.45, 2.75) is 31.2 Å². The molecule has 0 bridgehead atoms. The number of nitrogens with zero attached hydrogens (tertiary/aromatic N) is 1. The molecule has 0 saturated carbocycles. The summed E-state index contributed by atoms with van der Waals surface area (Å²) in [5.74, 6) is 0.553. The third-order valence-electron chi connectivity index (χ3n) is 1.97. The minimum atomic E-state index is -3.25. The summed E-state index contributed by atoms with van der Waals surface area (Å²) in [6.45, 7) is 3.88. The van der Waals surface area contributed by atoms with Crippen molar-refractivity contribution in [1.82, 2.24) is 4.98 Å². The van der Waals surface area contributed by atoms with Gasteiger partial charge in [0.1, 0.15) is 5.76 Å². The normalized spacial score (nSPS) is 14.4. The molecule has 0 N–H and O–H groups in total. The first-order valence-corrected chi connectivity index (χ1v) is 5.99. The van der Waals surface area contributed by atoms with E-state index in [-0.39, 0.29) is 10.9 Å². The van der Waals surface area contributed by atoms with Crippen molar-refractivity contribution in [3.63, 3.8) is 0 Å². The first-order valence-electron chi connectivity index (χ1n) is 4.10. The highest BCUT2D eigenvalue weighted by Crippen LogP contribution is 2.24. The molecule has 0 amide bonds. The average Bonchev–Trinajstić information content (AvgIpc) is 2.49. The van der Waals surface area contributed by atoms with E-state index in [1.54, 1.807) is 0 Å². The fourth-order valence-electron chi connectivity index (χ4n) is 1.04. The van der Waals surface area contributed by atoms with E-state index in [0.717, 1.165) is 12.7 Å². The summed E-state index contributed by atoms with van der Waals surface area (Å²) >= 11 is 0. The second-order valence-corrected chi connectivity index (χ2v) is 5.03. The molecular formula is C8H13NO3S. The van der Waals surface area contributed by atoms with Gasteiger partial charge >= 0.3 is 0 Å². The van der Waals surface area contributed by atoms with E-state index in [1.165, 1.54) is 6.39 Å². The summed E-state index contributed by atoms with van der Waals surface area (Å²) in [6.07, 6.45) is 3.15. The highest BCUT2D eigenvalue weighted by Gasteiger charge is 2.21. The molecule has 4 nitrogen and oxygen atoms in total. The van der Waals surface area contributed by atoms with E-state index in [4.69, 9.17) is 4.42 Å². The van der Waals surface area contributed by atoms with Gasteiger partial charge in [0, 0.05) is 12.2 Å². The van der Waals surface area contributed by atoms with Gasteiger partial charge in [0.25, 0.3) is 0 Å². The van der Waals surface area contributed by atoms with Gasteiger partial charge in [-0.1, -0.05) is 13.8 Å². The number of oxazole rings is 1. The highest BCUT2D eigenvalue weighted by atomic mass is 32.2. The van der Waals surface area contributed by atoms with Crippen molar-refractivity contribution < 1.29 is 12.8 Å². The second-order valence-electron chi connectivity index (χ2n) is 3.10. The van der Waals surface area contributed by atoms with Crippen molar-refractivity contribution in [1.29, 1.82) is 0 Å². The van der Waals surface area contributed by atoms with E-state index in [2.05, 4.69) is 4.98 Å². The van der Waals surface area contributed by atoms with E-state index in [1.807, 2.05) is 13.8 Å². The zero-order chi connectivity index (χ0) is 10.1. The molecule has 1 atom stereocenters. The largest absolute Gasteiger partial charge is 0.447 e. The molecule has 5 heteroatoms. The molecular weight excluding hydrogens is 190 g/mol. The van der Waals surface area contributed by atoms with Crippen LogP contribution >= 0.6 is 0 Å². The van der Waals surface area contributed by atoms with E-state index in [9.17, 15) is 8.42 Å². The van der Waals surface area contributed by atoms with Gasteiger partial charge in [-0.25, -0.2) is 13.4 Å². The second kappa shape index (κ2) is 3.49. The first kappa shape index (κ1) is 10.2. The molecule has 1 aromatic heterocycles. The zero-order valence-electron chi connectivity index (χ0n) is 7.94. The van der Waals surface area contributed by atoms with Crippen LogP contribution in [-0.2, 0) is 9.84 Å². The summed E-state index contributed by atoms with van der Waals surface area (Å²) in [5.41, 5.74) is 0. The lowest BCUT2D eigenvalue weighted by Gasteiger charge is -2.04. The molecule has 0 aliphatic rings. The first-order chi connectivity index (χ1) is 5.96. The van der Waals surface area contributed by atoms with E-state index < -0.39 is 9.84 Å². The van der Waals surface area contributed by atoms with Crippen molar-refractivity contribution >= 4 is 9.84 Å². The van der Waals surface area contributed by atoms with Crippen LogP contribution in [0.2, 0.25) is 0 Å². The van der Waals surface area contributed by atoms with Gasteiger partial charge in [-0.3, -0.25) is 0 Å². The summed E-state index contributed by atoms with van der Waals surface area (Å²) < 4.78 is 27.5. The molecule has 13 heavy (non-hydrogen) atoms. The number of sulfone groups is 1. The Morgan fingerprint density at radius 2 is 2.23 bits per heavy atom. The Bertz CT molecular complexity index is 380. The standard InChI is InChI=1S/C8H13NO3S/c1-4-6(2)7-8(9-5-12-7)13(3,10)11/h5-6H,4H2,1-3H3. The van der Waals surface area contributed by atoms with Crippen molar-refractivity contribution in [3.05, 3.63) is 12.2 Å². The van der Waals surface area contributed by atoms with Gasteiger partial charge in [-0.2, -0.15) is 0 Å². The minimum Gasteiger partial charge on any atom is -0.447 e. The predicted octanol–water partition coefficient (Wildman–Crippen LogP) is 1.59. The van der Waals surface area contributed by atoms with Crippen LogP contribution in [0.3, 0.4) is 0 Å². The third-order valence-corrected chi connectivity index (χ3v) is 2.98. The van der Waals surface area contributed by atoms with Crippen LogP contribution in [0.5, 0.6) is 0 Å². The fourth-order valence-corrected chi connectivity index (χ4v) is 1.89. The molecule has 1 unspecified atom stereocenters. The van der Waals surface area contributed by atoms with Gasteiger partial charge in [-0.05, 0) is 6.42 Å². The monoisotopic (exact) mass is 203 g/mol. The van der Waals surface area contributed by atoms with Crippen LogP contribution < -0.4 is 0 Å². The summed E-state index contributed by atoms with van der Waals surface area (Å²) in [7, 11) is -3.25. The van der Waals surface area contributed by atoms with Crippen molar-refractivity contribution in [3.8, 4) is 0 Å². The molecule has 1 heterocycles.